The number of hydrogen-bond donors (Lipinski definition) is 1. The first-order valence-electron chi connectivity index (χ1n) is 7.10. The molecule has 1 aromatic rings. The van der Waals surface area contributed by atoms with Crippen molar-refractivity contribution in [1.29, 1.82) is 5.26 Å². The number of nitrogens with zero attached hydrogens (tertiary/aromatic N) is 1. The van der Waals surface area contributed by atoms with Gasteiger partial charge in [0.2, 0.25) is 0 Å². The Balaban J connectivity index is 2.42. The lowest BCUT2D eigenvalue weighted by atomic mass is 9.99. The molecule has 0 fully saturated rings. The van der Waals surface area contributed by atoms with Gasteiger partial charge in [0.25, 0.3) is 0 Å². The molecule has 1 rings (SSSR count). The molecule has 19 heavy (non-hydrogen) atoms. The van der Waals surface area contributed by atoms with Gasteiger partial charge in [0.1, 0.15) is 0 Å². The van der Waals surface area contributed by atoms with Crippen molar-refractivity contribution in [3.8, 4) is 6.07 Å². The summed E-state index contributed by atoms with van der Waals surface area (Å²) in [4.78, 5) is 0. The number of unbranched alkanes of at least 4 members (excludes halogenated alkanes) is 1. The molecule has 0 bridgehead atoms. The van der Waals surface area contributed by atoms with Gasteiger partial charge in [0.15, 0.2) is 0 Å². The SMILES string of the molecule is CCCCC(CC)CNCc1ccc(C#N)cc1Cl. The molecule has 0 saturated carbocycles. The van der Waals surface area contributed by atoms with Crippen LogP contribution in [0.2, 0.25) is 5.02 Å². The highest BCUT2D eigenvalue weighted by molar-refractivity contribution is 6.31. The van der Waals surface area contributed by atoms with E-state index in [1.54, 1.807) is 6.07 Å². The van der Waals surface area contributed by atoms with Gasteiger partial charge in [0, 0.05) is 11.6 Å². The Morgan fingerprint density at radius 2 is 2.16 bits per heavy atom. The van der Waals surface area contributed by atoms with E-state index in [-0.39, 0.29) is 0 Å². The van der Waals surface area contributed by atoms with E-state index in [0.29, 0.717) is 10.6 Å². The summed E-state index contributed by atoms with van der Waals surface area (Å²) in [5, 5.41) is 12.9. The van der Waals surface area contributed by atoms with Gasteiger partial charge in [-0.25, -0.2) is 0 Å². The minimum Gasteiger partial charge on any atom is -0.312 e. The summed E-state index contributed by atoms with van der Waals surface area (Å²) in [5.74, 6) is 0.747. The van der Waals surface area contributed by atoms with Crippen molar-refractivity contribution in [2.24, 2.45) is 5.92 Å². The topological polar surface area (TPSA) is 35.8 Å². The first kappa shape index (κ1) is 16.0. The lowest BCUT2D eigenvalue weighted by Crippen LogP contribution is -2.22. The number of benzene rings is 1. The molecule has 1 unspecified atom stereocenters. The van der Waals surface area contributed by atoms with E-state index < -0.39 is 0 Å². The van der Waals surface area contributed by atoms with Gasteiger partial charge >= 0.3 is 0 Å². The van der Waals surface area contributed by atoms with Crippen LogP contribution in [-0.2, 0) is 6.54 Å². The Hall–Kier alpha value is -1.04. The van der Waals surface area contributed by atoms with Gasteiger partial charge < -0.3 is 5.32 Å². The third kappa shape index (κ3) is 5.63. The van der Waals surface area contributed by atoms with Crippen molar-refractivity contribution in [3.05, 3.63) is 34.3 Å². The second-order valence-corrected chi connectivity index (χ2v) is 5.37. The molecule has 0 aliphatic carbocycles. The number of hydrogen-bond acceptors (Lipinski definition) is 2. The highest BCUT2D eigenvalue weighted by Crippen LogP contribution is 2.18. The Labute approximate surface area is 121 Å². The summed E-state index contributed by atoms with van der Waals surface area (Å²) in [7, 11) is 0. The summed E-state index contributed by atoms with van der Waals surface area (Å²) < 4.78 is 0. The predicted molar refractivity (Wildman–Crippen MR) is 81.2 cm³/mol. The van der Waals surface area contributed by atoms with Crippen molar-refractivity contribution >= 4 is 11.6 Å². The third-order valence-corrected chi connectivity index (χ3v) is 3.83. The van der Waals surface area contributed by atoms with Crippen LogP contribution in [0.25, 0.3) is 0 Å². The van der Waals surface area contributed by atoms with Gasteiger partial charge in [-0.05, 0) is 36.6 Å². The van der Waals surface area contributed by atoms with Crippen LogP contribution >= 0.6 is 11.6 Å². The molecule has 0 heterocycles. The fourth-order valence-electron chi connectivity index (χ4n) is 2.11. The average molecular weight is 279 g/mol. The van der Waals surface area contributed by atoms with Crippen LogP contribution in [0.15, 0.2) is 18.2 Å². The van der Waals surface area contributed by atoms with Crippen LogP contribution in [-0.4, -0.2) is 6.54 Å². The van der Waals surface area contributed by atoms with Crippen LogP contribution in [0.4, 0.5) is 0 Å². The van der Waals surface area contributed by atoms with Crippen LogP contribution in [0.3, 0.4) is 0 Å². The first-order valence-corrected chi connectivity index (χ1v) is 7.48. The molecule has 0 amide bonds. The van der Waals surface area contributed by atoms with Gasteiger partial charge in [0.05, 0.1) is 11.6 Å². The molecule has 1 N–H and O–H groups in total. The van der Waals surface area contributed by atoms with Gasteiger partial charge in [-0.3, -0.25) is 0 Å². The van der Waals surface area contributed by atoms with Crippen LogP contribution < -0.4 is 5.32 Å². The summed E-state index contributed by atoms with van der Waals surface area (Å²) in [6.07, 6.45) is 5.07. The standard InChI is InChI=1S/C16H23ClN2/c1-3-5-6-13(4-2)11-19-12-15-8-7-14(10-18)9-16(15)17/h7-9,13,19H,3-6,11-12H2,1-2H3. The lowest BCUT2D eigenvalue weighted by molar-refractivity contribution is 0.419. The van der Waals surface area contributed by atoms with Crippen LogP contribution in [0.5, 0.6) is 0 Å². The van der Waals surface area contributed by atoms with Gasteiger partial charge in [-0.2, -0.15) is 5.26 Å². The third-order valence-electron chi connectivity index (χ3n) is 3.47. The molecule has 0 radical (unpaired) electrons. The summed E-state index contributed by atoms with van der Waals surface area (Å²) >= 11 is 6.15. The van der Waals surface area contributed by atoms with Crippen molar-refractivity contribution in [1.82, 2.24) is 5.32 Å². The molecule has 104 valence electrons. The van der Waals surface area contributed by atoms with E-state index in [2.05, 4.69) is 25.2 Å². The largest absolute Gasteiger partial charge is 0.312 e. The first-order chi connectivity index (χ1) is 9.21. The summed E-state index contributed by atoms with van der Waals surface area (Å²) in [5.41, 5.74) is 1.68. The zero-order valence-electron chi connectivity index (χ0n) is 11.9. The maximum Gasteiger partial charge on any atom is 0.0992 e. The molecule has 1 aromatic carbocycles. The number of halogens is 1. The maximum atomic E-state index is 8.79. The van der Waals surface area contributed by atoms with Crippen LogP contribution in [0.1, 0.15) is 50.7 Å². The minimum atomic E-state index is 0.614. The Kier molecular flexibility index (Phi) is 7.55. The van der Waals surface area contributed by atoms with E-state index in [0.717, 1.165) is 24.6 Å². The fourth-order valence-corrected chi connectivity index (χ4v) is 2.36. The molecule has 0 spiro atoms. The number of nitrogens with one attached hydrogen (secondary N) is 1. The van der Waals surface area contributed by atoms with Crippen molar-refractivity contribution in [3.63, 3.8) is 0 Å². The summed E-state index contributed by atoms with van der Waals surface area (Å²) in [6, 6.07) is 7.57. The number of nitriles is 1. The fraction of sp³-hybridized carbons (Fsp3) is 0.562. The molecule has 0 aromatic heterocycles. The molecular formula is C16H23ClN2. The molecular weight excluding hydrogens is 256 g/mol. The Morgan fingerprint density at radius 1 is 1.37 bits per heavy atom. The van der Waals surface area contributed by atoms with Crippen molar-refractivity contribution in [2.75, 3.05) is 6.54 Å². The maximum absolute atomic E-state index is 8.79. The quantitative estimate of drug-likeness (QED) is 0.759. The smallest absolute Gasteiger partial charge is 0.0992 e. The zero-order chi connectivity index (χ0) is 14.1. The Bertz CT molecular complexity index is 423. The van der Waals surface area contributed by atoms with E-state index >= 15 is 0 Å². The van der Waals surface area contributed by atoms with Gasteiger partial charge in [-0.15, -0.1) is 0 Å². The normalized spacial score (nSPS) is 12.1. The second kappa shape index (κ2) is 8.96. The van der Waals surface area contributed by atoms with E-state index in [9.17, 15) is 0 Å². The number of rotatable bonds is 8. The predicted octanol–water partition coefficient (Wildman–Crippen LogP) is 4.52. The molecule has 3 heteroatoms. The average Bonchev–Trinajstić information content (AvgIpc) is 2.44. The molecule has 0 aliphatic rings. The molecule has 0 saturated heterocycles. The van der Waals surface area contributed by atoms with E-state index in [4.69, 9.17) is 16.9 Å². The van der Waals surface area contributed by atoms with Crippen molar-refractivity contribution < 1.29 is 0 Å². The zero-order valence-corrected chi connectivity index (χ0v) is 12.6. The van der Waals surface area contributed by atoms with E-state index in [1.807, 2.05) is 12.1 Å². The second-order valence-electron chi connectivity index (χ2n) is 4.97. The van der Waals surface area contributed by atoms with Crippen molar-refractivity contribution in [2.45, 2.75) is 46.1 Å². The Morgan fingerprint density at radius 3 is 2.74 bits per heavy atom. The van der Waals surface area contributed by atoms with Crippen LogP contribution in [0, 0.1) is 17.2 Å². The monoisotopic (exact) mass is 278 g/mol. The van der Waals surface area contributed by atoms with E-state index in [1.165, 1.54) is 25.7 Å². The summed E-state index contributed by atoms with van der Waals surface area (Å²) in [6.45, 7) is 6.29. The minimum absolute atomic E-state index is 0.614. The molecule has 2 nitrogen and oxygen atoms in total. The molecule has 0 aliphatic heterocycles. The van der Waals surface area contributed by atoms with Gasteiger partial charge in [-0.1, -0.05) is 50.8 Å². The lowest BCUT2D eigenvalue weighted by Gasteiger charge is -2.15. The molecule has 1 atom stereocenters. The highest BCUT2D eigenvalue weighted by atomic mass is 35.5. The highest BCUT2D eigenvalue weighted by Gasteiger charge is 2.06.